The number of carbonyl (C=O) groups is 1. The van der Waals surface area contributed by atoms with Gasteiger partial charge in [0.2, 0.25) is 5.91 Å². The molecule has 7 nitrogen and oxygen atoms in total. The average Bonchev–Trinajstić information content (AvgIpc) is 3.17. The van der Waals surface area contributed by atoms with Gasteiger partial charge in [-0.3, -0.25) is 14.5 Å². The van der Waals surface area contributed by atoms with E-state index >= 15 is 0 Å². The van der Waals surface area contributed by atoms with Gasteiger partial charge in [-0.15, -0.1) is 0 Å². The van der Waals surface area contributed by atoms with Crippen LogP contribution in [-0.4, -0.2) is 27.3 Å². The van der Waals surface area contributed by atoms with Gasteiger partial charge >= 0.3 is 0 Å². The van der Waals surface area contributed by atoms with Crippen molar-refractivity contribution in [3.63, 3.8) is 0 Å². The van der Waals surface area contributed by atoms with Crippen molar-refractivity contribution >= 4 is 35.4 Å². The Bertz CT molecular complexity index is 1300. The third-order valence-electron chi connectivity index (χ3n) is 4.69. The molecule has 9 heteroatoms. The largest absolute Gasteiger partial charge is 0.494 e. The molecule has 3 aromatic carbocycles. The second kappa shape index (κ2) is 10.3. The Labute approximate surface area is 200 Å². The number of ether oxygens (including phenoxy) is 2. The quantitative estimate of drug-likeness (QED) is 0.298. The first-order valence-electron chi connectivity index (χ1n) is 10.2. The highest BCUT2D eigenvalue weighted by Crippen LogP contribution is 2.29. The van der Waals surface area contributed by atoms with Crippen LogP contribution in [0.15, 0.2) is 72.8 Å². The van der Waals surface area contributed by atoms with Crippen molar-refractivity contribution < 1.29 is 14.3 Å². The zero-order chi connectivity index (χ0) is 23.2. The molecular weight excluding hydrogens is 460 g/mol. The fraction of sp³-hybridized carbons (Fsp3) is 0.125. The molecule has 1 aromatic heterocycles. The van der Waals surface area contributed by atoms with E-state index in [1.54, 1.807) is 41.0 Å². The van der Waals surface area contributed by atoms with Gasteiger partial charge in [0.1, 0.15) is 23.8 Å². The molecule has 0 spiro atoms. The number of benzene rings is 3. The molecule has 0 fully saturated rings. The Balaban J connectivity index is 1.42. The number of hydrogen-bond donors (Lipinski definition) is 2. The molecule has 4 rings (SSSR count). The van der Waals surface area contributed by atoms with E-state index in [9.17, 15) is 4.79 Å². The minimum Gasteiger partial charge on any atom is -0.494 e. The first-order chi connectivity index (χ1) is 16.0. The smallest absolute Gasteiger partial charge is 0.244 e. The molecule has 2 N–H and O–H groups in total. The number of anilines is 1. The Morgan fingerprint density at radius 2 is 1.76 bits per heavy atom. The van der Waals surface area contributed by atoms with Gasteiger partial charge < -0.3 is 14.8 Å². The summed E-state index contributed by atoms with van der Waals surface area (Å²) in [5.74, 6) is 2.27. The Morgan fingerprint density at radius 3 is 2.45 bits per heavy atom. The summed E-state index contributed by atoms with van der Waals surface area (Å²) in [6.07, 6.45) is 0. The van der Waals surface area contributed by atoms with Crippen molar-refractivity contribution in [3.05, 3.63) is 82.6 Å². The molecular formula is C24H21ClN4O3S. The molecule has 33 heavy (non-hydrogen) atoms. The van der Waals surface area contributed by atoms with E-state index in [0.717, 1.165) is 11.3 Å². The predicted octanol–water partition coefficient (Wildman–Crippen LogP) is 6.09. The van der Waals surface area contributed by atoms with E-state index in [1.807, 2.05) is 43.3 Å². The predicted molar refractivity (Wildman–Crippen MR) is 131 cm³/mol. The van der Waals surface area contributed by atoms with Gasteiger partial charge in [-0.25, -0.2) is 0 Å². The second-order valence-corrected chi connectivity index (χ2v) is 7.79. The summed E-state index contributed by atoms with van der Waals surface area (Å²) >= 11 is 11.5. The van der Waals surface area contributed by atoms with Gasteiger partial charge in [-0.2, -0.15) is 5.10 Å². The van der Waals surface area contributed by atoms with E-state index in [4.69, 9.17) is 33.3 Å². The number of nitrogens with zero attached hydrogens (tertiary/aromatic N) is 2. The highest BCUT2D eigenvalue weighted by molar-refractivity contribution is 7.71. The number of para-hydroxylation sites is 1. The van der Waals surface area contributed by atoms with Crippen molar-refractivity contribution in [2.45, 2.75) is 13.5 Å². The van der Waals surface area contributed by atoms with Crippen molar-refractivity contribution in [3.8, 4) is 28.6 Å². The Kier molecular flexibility index (Phi) is 7.07. The molecule has 0 aliphatic heterocycles. The maximum absolute atomic E-state index is 12.7. The van der Waals surface area contributed by atoms with Crippen LogP contribution in [0.5, 0.6) is 17.2 Å². The van der Waals surface area contributed by atoms with Crippen molar-refractivity contribution in [1.29, 1.82) is 0 Å². The second-order valence-electron chi connectivity index (χ2n) is 7.00. The summed E-state index contributed by atoms with van der Waals surface area (Å²) in [4.78, 5) is 12.7. The summed E-state index contributed by atoms with van der Waals surface area (Å²) < 4.78 is 13.3. The minimum absolute atomic E-state index is 0.00968. The number of rotatable bonds is 8. The van der Waals surface area contributed by atoms with Crippen molar-refractivity contribution in [2.75, 3.05) is 11.9 Å². The summed E-state index contributed by atoms with van der Waals surface area (Å²) in [6.45, 7) is 2.53. The van der Waals surface area contributed by atoms with Crippen LogP contribution in [0.2, 0.25) is 5.02 Å². The number of aromatic amines is 1. The third kappa shape index (κ3) is 5.60. The van der Waals surface area contributed by atoms with E-state index in [2.05, 4.69) is 15.5 Å². The van der Waals surface area contributed by atoms with Gasteiger partial charge in [0.25, 0.3) is 0 Å². The lowest BCUT2D eigenvalue weighted by Gasteiger charge is -2.10. The number of nitrogens with one attached hydrogen (secondary N) is 2. The van der Waals surface area contributed by atoms with Gasteiger partial charge in [-0.1, -0.05) is 23.7 Å². The van der Waals surface area contributed by atoms with Crippen LogP contribution in [0.4, 0.5) is 5.69 Å². The molecule has 0 atom stereocenters. The molecule has 0 bridgehead atoms. The highest BCUT2D eigenvalue weighted by Gasteiger charge is 2.13. The average molecular weight is 481 g/mol. The third-order valence-corrected chi connectivity index (χ3v) is 5.31. The first kappa shape index (κ1) is 22.6. The van der Waals surface area contributed by atoms with Gasteiger partial charge in [-0.05, 0) is 79.8 Å². The summed E-state index contributed by atoms with van der Waals surface area (Å²) in [5.41, 5.74) is 1.45. The molecule has 0 saturated heterocycles. The van der Waals surface area contributed by atoms with Crippen LogP contribution >= 0.6 is 23.8 Å². The zero-order valence-electron chi connectivity index (χ0n) is 17.7. The zero-order valence-corrected chi connectivity index (χ0v) is 19.3. The van der Waals surface area contributed by atoms with E-state index in [1.165, 1.54) is 0 Å². The van der Waals surface area contributed by atoms with Crippen LogP contribution in [0.3, 0.4) is 0 Å². The number of H-pyrrole nitrogens is 1. The van der Waals surface area contributed by atoms with Gasteiger partial charge in [0.15, 0.2) is 10.6 Å². The Hall–Kier alpha value is -3.62. The van der Waals surface area contributed by atoms with E-state index < -0.39 is 0 Å². The normalized spacial score (nSPS) is 10.6. The fourth-order valence-electron chi connectivity index (χ4n) is 3.16. The lowest BCUT2D eigenvalue weighted by atomic mass is 10.2. The van der Waals surface area contributed by atoms with E-state index in [-0.39, 0.29) is 12.5 Å². The van der Waals surface area contributed by atoms with Crippen LogP contribution in [0.1, 0.15) is 6.92 Å². The van der Waals surface area contributed by atoms with Gasteiger partial charge in [0, 0.05) is 11.3 Å². The van der Waals surface area contributed by atoms with Crippen molar-refractivity contribution in [2.24, 2.45) is 0 Å². The van der Waals surface area contributed by atoms with Crippen molar-refractivity contribution in [1.82, 2.24) is 14.8 Å². The number of carbonyl (C=O) groups excluding carboxylic acids is 1. The lowest BCUT2D eigenvalue weighted by Crippen LogP contribution is -2.19. The molecule has 0 aliphatic rings. The Morgan fingerprint density at radius 1 is 1.06 bits per heavy atom. The molecule has 0 aliphatic carbocycles. The summed E-state index contributed by atoms with van der Waals surface area (Å²) in [7, 11) is 0. The number of halogens is 1. The minimum atomic E-state index is -0.237. The van der Waals surface area contributed by atoms with E-state index in [0.29, 0.717) is 39.4 Å². The molecule has 168 valence electrons. The standard InChI is InChI=1S/C24H21ClN4O3S/c1-2-31-18-11-7-16(8-12-18)23-27-28-24(33)29(23)15-22(30)26-17-9-13-19(14-10-17)32-21-6-4-3-5-20(21)25/h3-14H,2,15H2,1H3,(H,26,30)(H,28,33). The fourth-order valence-corrected chi connectivity index (χ4v) is 3.53. The number of aromatic nitrogens is 3. The molecule has 4 aromatic rings. The van der Waals surface area contributed by atoms with Crippen LogP contribution < -0.4 is 14.8 Å². The summed E-state index contributed by atoms with van der Waals surface area (Å²) in [6, 6.07) is 21.7. The number of amides is 1. The number of hydrogen-bond acceptors (Lipinski definition) is 5. The first-order valence-corrected chi connectivity index (χ1v) is 11.0. The monoisotopic (exact) mass is 480 g/mol. The lowest BCUT2D eigenvalue weighted by molar-refractivity contribution is -0.116. The maximum atomic E-state index is 12.7. The molecule has 0 radical (unpaired) electrons. The maximum Gasteiger partial charge on any atom is 0.244 e. The topological polar surface area (TPSA) is 81.2 Å². The van der Waals surface area contributed by atoms with Gasteiger partial charge in [0.05, 0.1) is 11.6 Å². The molecule has 1 amide bonds. The molecule has 1 heterocycles. The SMILES string of the molecule is CCOc1ccc(-c2n[nH]c(=S)n2CC(=O)Nc2ccc(Oc3ccccc3Cl)cc2)cc1. The van der Waals surface area contributed by atoms with Crippen LogP contribution in [0.25, 0.3) is 11.4 Å². The highest BCUT2D eigenvalue weighted by atomic mass is 35.5. The van der Waals surface area contributed by atoms with Crippen LogP contribution in [-0.2, 0) is 11.3 Å². The molecule has 0 saturated carbocycles. The molecule has 0 unspecified atom stereocenters. The van der Waals surface area contributed by atoms with Crippen LogP contribution in [0, 0.1) is 4.77 Å². The summed E-state index contributed by atoms with van der Waals surface area (Å²) in [5, 5.41) is 10.4.